The smallest absolute Gasteiger partial charge is 0.315 e. The Morgan fingerprint density at radius 2 is 1.65 bits per heavy atom. The molecule has 0 aliphatic heterocycles. The van der Waals surface area contributed by atoms with Gasteiger partial charge < -0.3 is 5.32 Å². The van der Waals surface area contributed by atoms with E-state index >= 15 is 0 Å². The fourth-order valence-electron chi connectivity index (χ4n) is 1.48. The third-order valence-electron chi connectivity index (χ3n) is 2.51. The standard InChI is InChI=1S/C12H17F3N2O2S/c1-2-7-16-8-9-17-20(18,19)11-5-3-10(4-6-11)12(13,14)15/h3-6,16-17H,2,7-9H2,1H3. The van der Waals surface area contributed by atoms with Crippen LogP contribution in [0.1, 0.15) is 18.9 Å². The molecule has 0 atom stereocenters. The van der Waals surface area contributed by atoms with Crippen molar-refractivity contribution in [3.63, 3.8) is 0 Å². The van der Waals surface area contributed by atoms with Crippen LogP contribution in [-0.4, -0.2) is 28.1 Å². The lowest BCUT2D eigenvalue weighted by molar-refractivity contribution is -0.137. The molecule has 1 rings (SSSR count). The largest absolute Gasteiger partial charge is 0.416 e. The molecular weight excluding hydrogens is 293 g/mol. The highest BCUT2D eigenvalue weighted by atomic mass is 32.2. The molecule has 0 amide bonds. The number of rotatable bonds is 7. The van der Waals surface area contributed by atoms with Gasteiger partial charge in [-0.25, -0.2) is 13.1 Å². The molecule has 0 aromatic heterocycles. The molecule has 2 N–H and O–H groups in total. The van der Waals surface area contributed by atoms with Crippen LogP contribution in [0.4, 0.5) is 13.2 Å². The van der Waals surface area contributed by atoms with Crippen molar-refractivity contribution >= 4 is 10.0 Å². The van der Waals surface area contributed by atoms with Crippen molar-refractivity contribution in [2.24, 2.45) is 0 Å². The summed E-state index contributed by atoms with van der Waals surface area (Å²) in [5.74, 6) is 0. The lowest BCUT2D eigenvalue weighted by atomic mass is 10.2. The molecule has 20 heavy (non-hydrogen) atoms. The quantitative estimate of drug-likeness (QED) is 0.757. The van der Waals surface area contributed by atoms with E-state index in [-0.39, 0.29) is 11.4 Å². The fourth-order valence-corrected chi connectivity index (χ4v) is 2.51. The zero-order chi connectivity index (χ0) is 15.2. The van der Waals surface area contributed by atoms with Crippen LogP contribution in [0.25, 0.3) is 0 Å². The Labute approximate surface area is 116 Å². The maximum Gasteiger partial charge on any atom is 0.416 e. The highest BCUT2D eigenvalue weighted by molar-refractivity contribution is 7.89. The van der Waals surface area contributed by atoms with Crippen LogP contribution >= 0.6 is 0 Å². The summed E-state index contributed by atoms with van der Waals surface area (Å²) in [4.78, 5) is -0.180. The molecule has 0 spiro atoms. The van der Waals surface area contributed by atoms with E-state index in [0.717, 1.165) is 37.2 Å². The van der Waals surface area contributed by atoms with E-state index in [1.165, 1.54) is 0 Å². The van der Waals surface area contributed by atoms with Crippen molar-refractivity contribution in [1.29, 1.82) is 0 Å². The molecular formula is C12H17F3N2O2S. The molecule has 114 valence electrons. The van der Waals surface area contributed by atoms with Gasteiger partial charge in [-0.05, 0) is 37.2 Å². The van der Waals surface area contributed by atoms with Crippen molar-refractivity contribution < 1.29 is 21.6 Å². The predicted molar refractivity (Wildman–Crippen MR) is 69.8 cm³/mol. The summed E-state index contributed by atoms with van der Waals surface area (Å²) in [6.07, 6.45) is -3.54. The van der Waals surface area contributed by atoms with Crippen LogP contribution in [-0.2, 0) is 16.2 Å². The molecule has 0 bridgehead atoms. The zero-order valence-corrected chi connectivity index (χ0v) is 11.8. The number of alkyl halides is 3. The van der Waals surface area contributed by atoms with Gasteiger partial charge in [0.05, 0.1) is 10.5 Å². The topological polar surface area (TPSA) is 58.2 Å². The van der Waals surface area contributed by atoms with Crippen molar-refractivity contribution in [3.05, 3.63) is 29.8 Å². The number of halogens is 3. The van der Waals surface area contributed by atoms with Crippen molar-refractivity contribution in [2.45, 2.75) is 24.4 Å². The van der Waals surface area contributed by atoms with Gasteiger partial charge in [0, 0.05) is 13.1 Å². The van der Waals surface area contributed by atoms with Gasteiger partial charge in [0.15, 0.2) is 0 Å². The van der Waals surface area contributed by atoms with Gasteiger partial charge in [-0.1, -0.05) is 6.92 Å². The number of benzene rings is 1. The second-order valence-corrected chi connectivity index (χ2v) is 5.94. The van der Waals surface area contributed by atoms with E-state index in [1.807, 2.05) is 6.92 Å². The molecule has 0 unspecified atom stereocenters. The summed E-state index contributed by atoms with van der Waals surface area (Å²) in [6, 6.07) is 3.41. The van der Waals surface area contributed by atoms with Gasteiger partial charge in [0.1, 0.15) is 0 Å². The molecule has 0 saturated carbocycles. The average molecular weight is 310 g/mol. The van der Waals surface area contributed by atoms with E-state index in [9.17, 15) is 21.6 Å². The molecule has 8 heteroatoms. The molecule has 0 aliphatic carbocycles. The van der Waals surface area contributed by atoms with Crippen LogP contribution in [0.5, 0.6) is 0 Å². The Morgan fingerprint density at radius 3 is 2.15 bits per heavy atom. The van der Waals surface area contributed by atoms with Gasteiger partial charge in [-0.15, -0.1) is 0 Å². The minimum atomic E-state index is -4.47. The van der Waals surface area contributed by atoms with Gasteiger partial charge in [0.2, 0.25) is 10.0 Å². The van der Waals surface area contributed by atoms with Crippen molar-refractivity contribution in [1.82, 2.24) is 10.0 Å². The lowest BCUT2D eigenvalue weighted by Gasteiger charge is -2.09. The van der Waals surface area contributed by atoms with E-state index in [4.69, 9.17) is 0 Å². The lowest BCUT2D eigenvalue weighted by Crippen LogP contribution is -2.32. The summed E-state index contributed by atoms with van der Waals surface area (Å²) in [7, 11) is -3.77. The van der Waals surface area contributed by atoms with Crippen molar-refractivity contribution in [2.75, 3.05) is 19.6 Å². The van der Waals surface area contributed by atoms with Crippen LogP contribution in [0.15, 0.2) is 29.2 Å². The monoisotopic (exact) mass is 310 g/mol. The summed E-state index contributed by atoms with van der Waals surface area (Å²) < 4.78 is 63.0. The van der Waals surface area contributed by atoms with Gasteiger partial charge >= 0.3 is 6.18 Å². The Bertz CT molecular complexity index is 512. The van der Waals surface area contributed by atoms with Gasteiger partial charge in [0.25, 0.3) is 0 Å². The number of nitrogens with one attached hydrogen (secondary N) is 2. The van der Waals surface area contributed by atoms with Crippen molar-refractivity contribution in [3.8, 4) is 0 Å². The Balaban J connectivity index is 2.64. The van der Waals surface area contributed by atoms with Crippen LogP contribution < -0.4 is 10.0 Å². The fraction of sp³-hybridized carbons (Fsp3) is 0.500. The van der Waals surface area contributed by atoms with Gasteiger partial charge in [-0.2, -0.15) is 13.2 Å². The van der Waals surface area contributed by atoms with E-state index in [0.29, 0.717) is 6.54 Å². The maximum absolute atomic E-state index is 12.4. The van der Waals surface area contributed by atoms with Crippen LogP contribution in [0, 0.1) is 0 Å². The van der Waals surface area contributed by atoms with Crippen LogP contribution in [0.2, 0.25) is 0 Å². The van der Waals surface area contributed by atoms with Crippen LogP contribution in [0.3, 0.4) is 0 Å². The van der Waals surface area contributed by atoms with E-state index in [2.05, 4.69) is 10.0 Å². The first-order valence-corrected chi connectivity index (χ1v) is 7.63. The molecule has 1 aromatic rings. The normalized spacial score (nSPS) is 12.6. The average Bonchev–Trinajstić information content (AvgIpc) is 2.37. The minimum Gasteiger partial charge on any atom is -0.315 e. The molecule has 4 nitrogen and oxygen atoms in total. The Hall–Kier alpha value is -1.12. The number of hydrogen-bond acceptors (Lipinski definition) is 3. The first-order valence-electron chi connectivity index (χ1n) is 6.15. The second-order valence-electron chi connectivity index (χ2n) is 4.17. The van der Waals surface area contributed by atoms with E-state index in [1.54, 1.807) is 0 Å². The summed E-state index contributed by atoms with van der Waals surface area (Å²) in [5, 5.41) is 3.01. The highest BCUT2D eigenvalue weighted by Crippen LogP contribution is 2.29. The Kier molecular flexibility index (Phi) is 5.97. The van der Waals surface area contributed by atoms with Gasteiger partial charge in [-0.3, -0.25) is 0 Å². The second kappa shape index (κ2) is 7.05. The summed E-state index contributed by atoms with van der Waals surface area (Å²) in [5.41, 5.74) is -0.874. The zero-order valence-electron chi connectivity index (χ0n) is 11.0. The third-order valence-corrected chi connectivity index (χ3v) is 3.99. The molecule has 0 heterocycles. The minimum absolute atomic E-state index is 0.180. The summed E-state index contributed by atoms with van der Waals surface area (Å²) >= 11 is 0. The first-order chi connectivity index (χ1) is 9.27. The first kappa shape index (κ1) is 16.9. The highest BCUT2D eigenvalue weighted by Gasteiger charge is 2.30. The number of sulfonamides is 1. The molecule has 0 radical (unpaired) electrons. The molecule has 0 aliphatic rings. The maximum atomic E-state index is 12.4. The molecule has 0 saturated heterocycles. The number of hydrogen-bond donors (Lipinski definition) is 2. The molecule has 1 aromatic carbocycles. The third kappa shape index (κ3) is 5.10. The van der Waals surface area contributed by atoms with E-state index < -0.39 is 21.8 Å². The SMILES string of the molecule is CCCNCCNS(=O)(=O)c1ccc(C(F)(F)F)cc1. The summed E-state index contributed by atoms with van der Waals surface area (Å²) in [6.45, 7) is 3.42. The predicted octanol–water partition coefficient (Wildman–Crippen LogP) is 1.98. The molecule has 0 fully saturated rings. The Morgan fingerprint density at radius 1 is 1.05 bits per heavy atom.